The van der Waals surface area contributed by atoms with Gasteiger partial charge in [-0.3, -0.25) is 0 Å². The van der Waals surface area contributed by atoms with Gasteiger partial charge in [0, 0.05) is 13.1 Å². The number of nitrogens with one attached hydrogen (secondary N) is 2. The number of rotatable bonds is 6. The monoisotopic (exact) mass is 347 g/mol. The van der Waals surface area contributed by atoms with Gasteiger partial charge in [-0.05, 0) is 24.6 Å². The van der Waals surface area contributed by atoms with Crippen LogP contribution in [0.2, 0.25) is 0 Å². The highest BCUT2D eigenvalue weighted by molar-refractivity contribution is 7.89. The van der Waals surface area contributed by atoms with Gasteiger partial charge in [-0.15, -0.1) is 0 Å². The molecule has 0 aliphatic rings. The first-order valence-electron chi connectivity index (χ1n) is 7.40. The van der Waals surface area contributed by atoms with Crippen molar-refractivity contribution in [2.45, 2.75) is 25.3 Å². The van der Waals surface area contributed by atoms with E-state index in [4.69, 9.17) is 4.52 Å². The minimum absolute atomic E-state index is 0.243. The van der Waals surface area contributed by atoms with Crippen molar-refractivity contribution in [2.75, 3.05) is 11.9 Å². The van der Waals surface area contributed by atoms with Crippen LogP contribution in [0.4, 0.5) is 5.82 Å². The van der Waals surface area contributed by atoms with Crippen LogP contribution in [0.25, 0.3) is 11.1 Å². The third-order valence-electron chi connectivity index (χ3n) is 3.47. The molecule has 0 aliphatic heterocycles. The van der Waals surface area contributed by atoms with Crippen LogP contribution in [0.3, 0.4) is 0 Å². The number of aromatic nitrogens is 3. The number of aryl methyl sites for hydroxylation is 1. The summed E-state index contributed by atoms with van der Waals surface area (Å²) in [5.41, 5.74) is 2.06. The summed E-state index contributed by atoms with van der Waals surface area (Å²) >= 11 is 0. The summed E-state index contributed by atoms with van der Waals surface area (Å²) in [5, 5.41) is 7.81. The Balaban J connectivity index is 1.76. The number of hydrogen-bond donors (Lipinski definition) is 2. The molecule has 0 fully saturated rings. The van der Waals surface area contributed by atoms with Crippen molar-refractivity contribution in [1.82, 2.24) is 19.8 Å². The lowest BCUT2D eigenvalue weighted by Crippen LogP contribution is -2.23. The Kier molecular flexibility index (Phi) is 4.45. The zero-order valence-corrected chi connectivity index (χ0v) is 14.1. The number of anilines is 1. The highest BCUT2D eigenvalue weighted by Crippen LogP contribution is 2.23. The molecule has 0 amide bonds. The van der Waals surface area contributed by atoms with Crippen LogP contribution < -0.4 is 10.0 Å². The Labute approximate surface area is 139 Å². The van der Waals surface area contributed by atoms with Crippen LogP contribution >= 0.6 is 0 Å². The quantitative estimate of drug-likeness (QED) is 0.700. The van der Waals surface area contributed by atoms with Gasteiger partial charge < -0.3 is 9.84 Å². The summed E-state index contributed by atoms with van der Waals surface area (Å²) in [6.45, 7) is 4.40. The van der Waals surface area contributed by atoms with Crippen LogP contribution in [0, 0.1) is 6.92 Å². The molecule has 0 radical (unpaired) electrons. The smallest absolute Gasteiger partial charge is 0.263 e. The van der Waals surface area contributed by atoms with Crippen molar-refractivity contribution in [1.29, 1.82) is 0 Å². The topological polar surface area (TPSA) is 110 Å². The summed E-state index contributed by atoms with van der Waals surface area (Å²) in [7, 11) is -3.43. The van der Waals surface area contributed by atoms with Gasteiger partial charge in [0.1, 0.15) is 17.5 Å². The van der Waals surface area contributed by atoms with Crippen molar-refractivity contribution in [2.24, 2.45) is 0 Å². The number of benzene rings is 1. The van der Waals surface area contributed by atoms with E-state index in [0.29, 0.717) is 30.3 Å². The van der Waals surface area contributed by atoms with Crippen molar-refractivity contribution >= 4 is 26.9 Å². The summed E-state index contributed by atoms with van der Waals surface area (Å²) in [6, 6.07) is 6.68. The molecule has 9 heteroatoms. The summed E-state index contributed by atoms with van der Waals surface area (Å²) in [6.07, 6.45) is 1.40. The van der Waals surface area contributed by atoms with Gasteiger partial charge in [0.25, 0.3) is 5.71 Å². The van der Waals surface area contributed by atoms with E-state index in [1.165, 1.54) is 6.33 Å². The van der Waals surface area contributed by atoms with E-state index in [9.17, 15) is 8.42 Å². The maximum absolute atomic E-state index is 11.9. The van der Waals surface area contributed by atoms with Crippen molar-refractivity contribution in [3.63, 3.8) is 0 Å². The van der Waals surface area contributed by atoms with Gasteiger partial charge >= 0.3 is 0 Å². The van der Waals surface area contributed by atoms with Crippen molar-refractivity contribution in [3.8, 4) is 0 Å². The van der Waals surface area contributed by atoms with E-state index in [1.807, 2.05) is 6.92 Å². The van der Waals surface area contributed by atoms with Crippen LogP contribution in [-0.4, -0.2) is 30.1 Å². The highest BCUT2D eigenvalue weighted by atomic mass is 32.2. The van der Waals surface area contributed by atoms with E-state index in [-0.39, 0.29) is 4.90 Å². The zero-order chi connectivity index (χ0) is 17.2. The van der Waals surface area contributed by atoms with Gasteiger partial charge in [-0.2, -0.15) is 4.98 Å². The van der Waals surface area contributed by atoms with E-state index in [1.54, 1.807) is 31.2 Å². The predicted molar refractivity (Wildman–Crippen MR) is 89.0 cm³/mol. The normalized spacial score (nSPS) is 11.8. The van der Waals surface area contributed by atoms with Gasteiger partial charge in [0.15, 0.2) is 0 Å². The molecule has 0 saturated heterocycles. The van der Waals surface area contributed by atoms with E-state index in [2.05, 4.69) is 25.2 Å². The first kappa shape index (κ1) is 16.3. The number of hydrogen-bond acceptors (Lipinski definition) is 7. The second-order valence-electron chi connectivity index (χ2n) is 5.17. The van der Waals surface area contributed by atoms with Gasteiger partial charge in [0.2, 0.25) is 10.0 Å². The lowest BCUT2D eigenvalue weighted by Gasteiger charge is -2.08. The molecule has 2 N–H and O–H groups in total. The molecule has 0 spiro atoms. The fourth-order valence-corrected chi connectivity index (χ4v) is 3.34. The van der Waals surface area contributed by atoms with Crippen LogP contribution in [0.5, 0.6) is 0 Å². The average molecular weight is 347 g/mol. The van der Waals surface area contributed by atoms with E-state index in [0.717, 1.165) is 10.9 Å². The summed E-state index contributed by atoms with van der Waals surface area (Å²) in [5.74, 6) is 0.628. The lowest BCUT2D eigenvalue weighted by atomic mass is 10.2. The van der Waals surface area contributed by atoms with E-state index >= 15 is 0 Å². The van der Waals surface area contributed by atoms with E-state index < -0.39 is 10.0 Å². The van der Waals surface area contributed by atoms with Crippen molar-refractivity contribution < 1.29 is 12.9 Å². The second-order valence-corrected chi connectivity index (χ2v) is 6.94. The SMILES string of the molecule is CCNS(=O)(=O)c1ccc(CNc2ncnc3onc(C)c23)cc1. The Morgan fingerprint density at radius 2 is 1.92 bits per heavy atom. The van der Waals surface area contributed by atoms with Gasteiger partial charge in [0.05, 0.1) is 10.6 Å². The molecule has 8 nitrogen and oxygen atoms in total. The summed E-state index contributed by atoms with van der Waals surface area (Å²) in [4.78, 5) is 8.47. The third-order valence-corrected chi connectivity index (χ3v) is 5.03. The lowest BCUT2D eigenvalue weighted by molar-refractivity contribution is 0.442. The fourth-order valence-electron chi connectivity index (χ4n) is 2.30. The summed E-state index contributed by atoms with van der Waals surface area (Å²) < 4.78 is 31.4. The fraction of sp³-hybridized carbons (Fsp3) is 0.267. The minimum atomic E-state index is -3.43. The molecule has 0 saturated carbocycles. The van der Waals surface area contributed by atoms with Crippen LogP contribution in [-0.2, 0) is 16.6 Å². The standard InChI is InChI=1S/C15H17N5O3S/c1-3-19-24(21,22)12-6-4-11(5-7-12)8-16-14-13-10(2)20-23-15(13)18-9-17-14/h4-7,9,19H,3,8H2,1-2H3,(H,16,17,18). The molecular weight excluding hydrogens is 330 g/mol. The molecule has 3 aromatic rings. The van der Waals surface area contributed by atoms with Crippen molar-refractivity contribution in [3.05, 3.63) is 41.9 Å². The Morgan fingerprint density at radius 3 is 2.62 bits per heavy atom. The van der Waals surface area contributed by atoms with Crippen LogP contribution in [0.15, 0.2) is 40.0 Å². The Bertz CT molecular complexity index is 951. The highest BCUT2D eigenvalue weighted by Gasteiger charge is 2.13. The molecule has 126 valence electrons. The molecule has 2 aromatic heterocycles. The number of sulfonamides is 1. The first-order valence-corrected chi connectivity index (χ1v) is 8.89. The molecule has 0 aliphatic carbocycles. The maximum atomic E-state index is 11.9. The maximum Gasteiger partial charge on any atom is 0.263 e. The average Bonchev–Trinajstić information content (AvgIpc) is 2.95. The minimum Gasteiger partial charge on any atom is -0.365 e. The zero-order valence-electron chi connectivity index (χ0n) is 13.3. The van der Waals surface area contributed by atoms with Gasteiger partial charge in [-0.25, -0.2) is 18.1 Å². The Hall–Kier alpha value is -2.52. The second kappa shape index (κ2) is 6.54. The largest absolute Gasteiger partial charge is 0.365 e. The molecule has 0 bridgehead atoms. The molecule has 0 atom stereocenters. The molecular formula is C15H17N5O3S. The Morgan fingerprint density at radius 1 is 1.17 bits per heavy atom. The first-order chi connectivity index (χ1) is 11.5. The molecule has 2 heterocycles. The predicted octanol–water partition coefficient (Wildman–Crippen LogP) is 1.84. The molecule has 0 unspecified atom stereocenters. The molecule has 1 aromatic carbocycles. The van der Waals surface area contributed by atoms with Gasteiger partial charge in [-0.1, -0.05) is 24.2 Å². The number of fused-ring (bicyclic) bond motifs is 1. The van der Waals surface area contributed by atoms with Crippen LogP contribution in [0.1, 0.15) is 18.2 Å². The molecule has 3 rings (SSSR count). The molecule has 24 heavy (non-hydrogen) atoms. The number of nitrogens with zero attached hydrogens (tertiary/aromatic N) is 3. The third kappa shape index (κ3) is 3.22.